The van der Waals surface area contributed by atoms with Crippen LogP contribution in [-0.4, -0.2) is 41.9 Å². The van der Waals surface area contributed by atoms with Gasteiger partial charge in [0.25, 0.3) is 0 Å². The predicted molar refractivity (Wildman–Crippen MR) is 69.0 cm³/mol. The number of carbonyl (C=O) groups is 2. The third-order valence-electron chi connectivity index (χ3n) is 3.94. The maximum absolute atomic E-state index is 11.8. The Hall–Kier alpha value is -1.30. The Morgan fingerprint density at radius 1 is 1.26 bits per heavy atom. The Labute approximate surface area is 112 Å². The summed E-state index contributed by atoms with van der Waals surface area (Å²) in [5, 5.41) is 14.5. The van der Waals surface area contributed by atoms with Crippen LogP contribution in [0.2, 0.25) is 0 Å². The number of rotatable bonds is 5. The van der Waals surface area contributed by atoms with E-state index in [4.69, 9.17) is 9.84 Å². The molecule has 6 nitrogen and oxygen atoms in total. The highest BCUT2D eigenvalue weighted by Gasteiger charge is 2.40. The molecule has 0 aromatic carbocycles. The van der Waals surface area contributed by atoms with Crippen molar-refractivity contribution in [2.75, 3.05) is 13.2 Å². The monoisotopic (exact) mass is 270 g/mol. The van der Waals surface area contributed by atoms with Crippen LogP contribution in [0.5, 0.6) is 0 Å². The SMILES string of the molecule is O=C(O)CC1(NC(=O)NCC2CCCCO2)CCC1. The summed E-state index contributed by atoms with van der Waals surface area (Å²) in [6.45, 7) is 1.26. The fourth-order valence-corrected chi connectivity index (χ4v) is 2.70. The predicted octanol–water partition coefficient (Wildman–Crippen LogP) is 1.25. The Bertz CT molecular complexity index is 336. The molecule has 6 heteroatoms. The molecule has 1 saturated heterocycles. The molecule has 2 aliphatic rings. The van der Waals surface area contributed by atoms with Gasteiger partial charge >= 0.3 is 12.0 Å². The van der Waals surface area contributed by atoms with E-state index >= 15 is 0 Å². The first-order valence-corrected chi connectivity index (χ1v) is 6.99. The summed E-state index contributed by atoms with van der Waals surface area (Å²) in [6.07, 6.45) is 5.75. The van der Waals surface area contributed by atoms with Gasteiger partial charge < -0.3 is 20.5 Å². The summed E-state index contributed by atoms with van der Waals surface area (Å²) in [7, 11) is 0. The Morgan fingerprint density at radius 3 is 2.58 bits per heavy atom. The lowest BCUT2D eigenvalue weighted by Crippen LogP contribution is -2.57. The lowest BCUT2D eigenvalue weighted by Gasteiger charge is -2.41. The molecule has 2 rings (SSSR count). The van der Waals surface area contributed by atoms with Crippen molar-refractivity contribution in [3.8, 4) is 0 Å². The molecule has 2 fully saturated rings. The fraction of sp³-hybridized carbons (Fsp3) is 0.846. The van der Waals surface area contributed by atoms with E-state index < -0.39 is 11.5 Å². The van der Waals surface area contributed by atoms with E-state index in [1.807, 2.05) is 0 Å². The van der Waals surface area contributed by atoms with Crippen molar-refractivity contribution in [3.63, 3.8) is 0 Å². The zero-order valence-corrected chi connectivity index (χ0v) is 11.1. The quantitative estimate of drug-likeness (QED) is 0.701. The summed E-state index contributed by atoms with van der Waals surface area (Å²) in [4.78, 5) is 22.6. The number of aliphatic carboxylic acids is 1. The number of amides is 2. The van der Waals surface area contributed by atoms with Crippen LogP contribution in [0.1, 0.15) is 44.9 Å². The van der Waals surface area contributed by atoms with Gasteiger partial charge in [-0.05, 0) is 38.5 Å². The molecule has 0 bridgehead atoms. The van der Waals surface area contributed by atoms with E-state index in [0.29, 0.717) is 6.54 Å². The highest BCUT2D eigenvalue weighted by Crippen LogP contribution is 2.34. The normalized spacial score (nSPS) is 25.2. The van der Waals surface area contributed by atoms with Crippen LogP contribution in [-0.2, 0) is 9.53 Å². The number of carbonyl (C=O) groups excluding carboxylic acids is 1. The third-order valence-corrected chi connectivity index (χ3v) is 3.94. The first kappa shape index (κ1) is 14.1. The summed E-state index contributed by atoms with van der Waals surface area (Å²) in [5.41, 5.74) is -0.538. The smallest absolute Gasteiger partial charge is 0.315 e. The zero-order valence-electron chi connectivity index (χ0n) is 11.1. The Balaban J connectivity index is 1.72. The van der Waals surface area contributed by atoms with Gasteiger partial charge in [0, 0.05) is 13.2 Å². The molecule has 0 spiro atoms. The number of ether oxygens (including phenoxy) is 1. The first-order valence-electron chi connectivity index (χ1n) is 6.99. The van der Waals surface area contributed by atoms with E-state index in [1.165, 1.54) is 0 Å². The summed E-state index contributed by atoms with van der Waals surface area (Å²) >= 11 is 0. The van der Waals surface area contributed by atoms with Crippen molar-refractivity contribution in [1.82, 2.24) is 10.6 Å². The Kier molecular flexibility index (Phi) is 4.63. The van der Waals surface area contributed by atoms with E-state index in [1.54, 1.807) is 0 Å². The van der Waals surface area contributed by atoms with E-state index in [9.17, 15) is 9.59 Å². The second kappa shape index (κ2) is 6.23. The van der Waals surface area contributed by atoms with Gasteiger partial charge in [0.15, 0.2) is 0 Å². The number of nitrogens with one attached hydrogen (secondary N) is 2. The molecule has 0 aromatic rings. The highest BCUT2D eigenvalue weighted by atomic mass is 16.5. The molecule has 0 radical (unpaired) electrons. The fourth-order valence-electron chi connectivity index (χ4n) is 2.70. The molecule has 3 N–H and O–H groups in total. The number of urea groups is 1. The van der Waals surface area contributed by atoms with Crippen LogP contribution in [0.15, 0.2) is 0 Å². The van der Waals surface area contributed by atoms with Crippen LogP contribution in [0.3, 0.4) is 0 Å². The minimum absolute atomic E-state index is 0.000346. The van der Waals surface area contributed by atoms with Crippen LogP contribution >= 0.6 is 0 Å². The van der Waals surface area contributed by atoms with Gasteiger partial charge in [-0.15, -0.1) is 0 Å². The van der Waals surface area contributed by atoms with Crippen molar-refractivity contribution >= 4 is 12.0 Å². The molecule has 1 heterocycles. The van der Waals surface area contributed by atoms with Gasteiger partial charge in [0.1, 0.15) is 0 Å². The third kappa shape index (κ3) is 4.09. The van der Waals surface area contributed by atoms with Crippen molar-refractivity contribution in [2.24, 2.45) is 0 Å². The summed E-state index contributed by atoms with van der Waals surface area (Å²) in [6, 6.07) is -0.282. The zero-order chi connectivity index (χ0) is 13.7. The summed E-state index contributed by atoms with van der Waals surface area (Å²) in [5.74, 6) is -0.865. The van der Waals surface area contributed by atoms with Gasteiger partial charge in [0.05, 0.1) is 18.1 Å². The molecular formula is C13H22N2O4. The maximum atomic E-state index is 11.8. The van der Waals surface area contributed by atoms with Gasteiger partial charge in [-0.3, -0.25) is 4.79 Å². The van der Waals surface area contributed by atoms with Gasteiger partial charge in [-0.25, -0.2) is 4.79 Å². The van der Waals surface area contributed by atoms with Crippen molar-refractivity contribution in [2.45, 2.75) is 56.6 Å². The highest BCUT2D eigenvalue weighted by molar-refractivity contribution is 5.77. The summed E-state index contributed by atoms with van der Waals surface area (Å²) < 4.78 is 5.53. The van der Waals surface area contributed by atoms with Crippen LogP contribution in [0, 0.1) is 0 Å². The standard InChI is InChI=1S/C13H22N2O4/c16-11(17)8-13(5-3-6-13)15-12(18)14-9-10-4-1-2-7-19-10/h10H,1-9H2,(H,16,17)(H2,14,15,18). The first-order chi connectivity index (χ1) is 9.10. The molecule has 1 aliphatic heterocycles. The van der Waals surface area contributed by atoms with Gasteiger partial charge in [0.2, 0.25) is 0 Å². The topological polar surface area (TPSA) is 87.7 Å². The lowest BCUT2D eigenvalue weighted by atomic mass is 9.74. The number of carboxylic acids is 1. The molecule has 19 heavy (non-hydrogen) atoms. The van der Waals surface area contributed by atoms with Crippen LogP contribution < -0.4 is 10.6 Å². The number of hydrogen-bond donors (Lipinski definition) is 3. The van der Waals surface area contributed by atoms with E-state index in [0.717, 1.165) is 45.1 Å². The molecule has 1 unspecified atom stereocenters. The average molecular weight is 270 g/mol. The second-order valence-electron chi connectivity index (χ2n) is 5.53. The van der Waals surface area contributed by atoms with Crippen molar-refractivity contribution in [3.05, 3.63) is 0 Å². The largest absolute Gasteiger partial charge is 0.481 e. The minimum atomic E-state index is -0.865. The average Bonchev–Trinajstić information content (AvgIpc) is 2.34. The van der Waals surface area contributed by atoms with E-state index in [-0.39, 0.29) is 18.6 Å². The van der Waals surface area contributed by atoms with Crippen molar-refractivity contribution < 1.29 is 19.4 Å². The molecule has 1 aliphatic carbocycles. The Morgan fingerprint density at radius 2 is 2.05 bits per heavy atom. The molecule has 2 amide bonds. The van der Waals surface area contributed by atoms with Crippen LogP contribution in [0.25, 0.3) is 0 Å². The molecule has 1 atom stereocenters. The molecule has 1 saturated carbocycles. The maximum Gasteiger partial charge on any atom is 0.315 e. The molecule has 0 aromatic heterocycles. The molecular weight excluding hydrogens is 248 g/mol. The number of carboxylic acid groups (broad SMARTS) is 1. The van der Waals surface area contributed by atoms with Gasteiger partial charge in [-0.1, -0.05) is 0 Å². The number of hydrogen-bond acceptors (Lipinski definition) is 3. The molecule has 108 valence electrons. The second-order valence-corrected chi connectivity index (χ2v) is 5.53. The van der Waals surface area contributed by atoms with Crippen molar-refractivity contribution in [1.29, 1.82) is 0 Å². The lowest BCUT2D eigenvalue weighted by molar-refractivity contribution is -0.139. The van der Waals surface area contributed by atoms with Crippen LogP contribution in [0.4, 0.5) is 4.79 Å². The minimum Gasteiger partial charge on any atom is -0.481 e. The van der Waals surface area contributed by atoms with E-state index in [2.05, 4.69) is 10.6 Å². The van der Waals surface area contributed by atoms with Gasteiger partial charge in [-0.2, -0.15) is 0 Å².